The van der Waals surface area contributed by atoms with Gasteiger partial charge in [-0.3, -0.25) is 0 Å². The third-order valence-corrected chi connectivity index (χ3v) is 5.53. The van der Waals surface area contributed by atoms with E-state index in [1.165, 1.54) is 11.1 Å². The first-order valence-electron chi connectivity index (χ1n) is 6.28. The van der Waals surface area contributed by atoms with Crippen LogP contribution in [0.15, 0.2) is 51.4 Å². The van der Waals surface area contributed by atoms with Crippen LogP contribution in [-0.4, -0.2) is 12.4 Å². The van der Waals surface area contributed by atoms with Gasteiger partial charge in [-0.15, -0.1) is 0 Å². The van der Waals surface area contributed by atoms with Crippen LogP contribution >= 0.6 is 47.8 Å². The summed E-state index contributed by atoms with van der Waals surface area (Å²) in [6, 6.07) is 14.5. The zero-order valence-electron chi connectivity index (χ0n) is 11.1. The molecule has 0 N–H and O–H groups in total. The lowest BCUT2D eigenvalue weighted by Gasteiger charge is -2.17. The maximum Gasteiger partial charge on any atom is 0.119 e. The molecule has 1 nitrogen and oxygen atoms in total. The van der Waals surface area contributed by atoms with Crippen molar-refractivity contribution in [1.82, 2.24) is 0 Å². The summed E-state index contributed by atoms with van der Waals surface area (Å²) in [6.45, 7) is 0. The zero-order valence-corrected chi connectivity index (χ0v) is 15.8. The molecule has 4 heteroatoms. The van der Waals surface area contributed by atoms with E-state index < -0.39 is 0 Å². The number of halogens is 3. The average molecular weight is 463 g/mol. The van der Waals surface area contributed by atoms with E-state index in [2.05, 4.69) is 72.1 Å². The minimum Gasteiger partial charge on any atom is -0.497 e. The van der Waals surface area contributed by atoms with Crippen LogP contribution in [-0.2, 0) is 6.42 Å². The number of hydrogen-bond acceptors (Lipinski definition) is 1. The number of benzene rings is 2. The molecule has 0 radical (unpaired) electrons. The van der Waals surface area contributed by atoms with Crippen LogP contribution in [0, 0.1) is 0 Å². The second-order valence-electron chi connectivity index (χ2n) is 4.53. The fourth-order valence-corrected chi connectivity index (χ4v) is 3.75. The van der Waals surface area contributed by atoms with Crippen LogP contribution in [0.5, 0.6) is 5.75 Å². The van der Waals surface area contributed by atoms with Gasteiger partial charge in [-0.2, -0.15) is 0 Å². The Balaban J connectivity index is 2.29. The molecule has 0 heterocycles. The third-order valence-electron chi connectivity index (χ3n) is 3.25. The summed E-state index contributed by atoms with van der Waals surface area (Å²) in [4.78, 5) is 0. The molecule has 0 saturated carbocycles. The number of methoxy groups -OCH3 is 1. The highest BCUT2D eigenvalue weighted by atomic mass is 79.9. The van der Waals surface area contributed by atoms with Gasteiger partial charge in [0.05, 0.1) is 7.11 Å². The number of alkyl halides is 1. The van der Waals surface area contributed by atoms with Gasteiger partial charge < -0.3 is 4.74 Å². The number of ether oxygens (including phenoxy) is 1. The molecule has 0 saturated heterocycles. The van der Waals surface area contributed by atoms with Crippen molar-refractivity contribution in [3.05, 3.63) is 62.5 Å². The van der Waals surface area contributed by atoms with Gasteiger partial charge in [-0.1, -0.05) is 66.0 Å². The van der Waals surface area contributed by atoms with Gasteiger partial charge in [0.15, 0.2) is 0 Å². The van der Waals surface area contributed by atoms with E-state index in [1.807, 2.05) is 18.2 Å². The molecule has 0 aromatic heterocycles. The fraction of sp³-hybridized carbons (Fsp3) is 0.250. The maximum atomic E-state index is 5.31. The molecule has 0 fully saturated rings. The molecule has 2 aromatic rings. The van der Waals surface area contributed by atoms with Crippen LogP contribution < -0.4 is 4.74 Å². The number of rotatable bonds is 5. The van der Waals surface area contributed by atoms with Crippen LogP contribution in [0.25, 0.3) is 0 Å². The van der Waals surface area contributed by atoms with Crippen molar-refractivity contribution in [1.29, 1.82) is 0 Å². The van der Waals surface area contributed by atoms with Gasteiger partial charge in [0.25, 0.3) is 0 Å². The van der Waals surface area contributed by atoms with Crippen LogP contribution in [0.4, 0.5) is 0 Å². The minimum atomic E-state index is 0.411. The minimum absolute atomic E-state index is 0.411. The van der Waals surface area contributed by atoms with Gasteiger partial charge >= 0.3 is 0 Å². The smallest absolute Gasteiger partial charge is 0.119 e. The van der Waals surface area contributed by atoms with Crippen molar-refractivity contribution in [3.8, 4) is 5.75 Å². The summed E-state index contributed by atoms with van der Waals surface area (Å²) >= 11 is 10.9. The first-order valence-corrected chi connectivity index (χ1v) is 8.99. The predicted molar refractivity (Wildman–Crippen MR) is 95.1 cm³/mol. The molecule has 0 amide bonds. The monoisotopic (exact) mass is 460 g/mol. The van der Waals surface area contributed by atoms with Crippen molar-refractivity contribution < 1.29 is 4.74 Å². The van der Waals surface area contributed by atoms with Gasteiger partial charge in [-0.25, -0.2) is 0 Å². The average Bonchev–Trinajstić information content (AvgIpc) is 2.47. The van der Waals surface area contributed by atoms with Gasteiger partial charge in [0.2, 0.25) is 0 Å². The molecule has 0 aliphatic rings. The summed E-state index contributed by atoms with van der Waals surface area (Å²) < 4.78 is 7.59. The number of hydrogen-bond donors (Lipinski definition) is 0. The summed E-state index contributed by atoms with van der Waals surface area (Å²) in [5.74, 6) is 1.30. The normalized spacial score (nSPS) is 12.2. The molecule has 0 aliphatic heterocycles. The Hall–Kier alpha value is -0.320. The summed E-state index contributed by atoms with van der Waals surface area (Å²) in [6.07, 6.45) is 0.950. The molecule has 2 rings (SSSR count). The highest BCUT2D eigenvalue weighted by molar-refractivity contribution is 9.11. The van der Waals surface area contributed by atoms with Gasteiger partial charge in [0.1, 0.15) is 5.75 Å². The van der Waals surface area contributed by atoms with E-state index in [0.29, 0.717) is 5.92 Å². The van der Waals surface area contributed by atoms with Crippen molar-refractivity contribution >= 4 is 47.8 Å². The molecule has 1 unspecified atom stereocenters. The molecular formula is C16H15Br3O. The lowest BCUT2D eigenvalue weighted by molar-refractivity contribution is 0.414. The molecule has 2 aromatic carbocycles. The quantitative estimate of drug-likeness (QED) is 0.499. The Labute approximate surface area is 145 Å². The highest BCUT2D eigenvalue weighted by Gasteiger charge is 2.15. The second kappa shape index (κ2) is 7.62. The largest absolute Gasteiger partial charge is 0.497 e. The lowest BCUT2D eigenvalue weighted by atomic mass is 9.93. The predicted octanol–water partition coefficient (Wildman–Crippen LogP) is 5.94. The molecule has 0 spiro atoms. The summed E-state index contributed by atoms with van der Waals surface area (Å²) in [7, 11) is 1.70. The van der Waals surface area contributed by atoms with E-state index >= 15 is 0 Å². The van der Waals surface area contributed by atoms with E-state index in [4.69, 9.17) is 4.74 Å². The molecule has 0 aliphatic carbocycles. The molecule has 1 atom stereocenters. The van der Waals surface area contributed by atoms with Crippen LogP contribution in [0.3, 0.4) is 0 Å². The van der Waals surface area contributed by atoms with E-state index in [0.717, 1.165) is 26.4 Å². The third kappa shape index (κ3) is 3.86. The molecule has 0 bridgehead atoms. The van der Waals surface area contributed by atoms with E-state index in [1.54, 1.807) is 7.11 Å². The van der Waals surface area contributed by atoms with Crippen molar-refractivity contribution in [2.45, 2.75) is 12.3 Å². The fourth-order valence-electron chi connectivity index (χ4n) is 2.15. The summed E-state index contributed by atoms with van der Waals surface area (Å²) in [5, 5.41) is 0.916. The first-order chi connectivity index (χ1) is 9.65. The topological polar surface area (TPSA) is 9.23 Å². The molecule has 20 heavy (non-hydrogen) atoms. The van der Waals surface area contributed by atoms with Gasteiger partial charge in [0, 0.05) is 14.3 Å². The Morgan fingerprint density at radius 3 is 2.45 bits per heavy atom. The molecule has 106 valence electrons. The lowest BCUT2D eigenvalue weighted by Crippen LogP contribution is -2.06. The Morgan fingerprint density at radius 1 is 1.05 bits per heavy atom. The van der Waals surface area contributed by atoms with Crippen LogP contribution in [0.1, 0.15) is 17.0 Å². The van der Waals surface area contributed by atoms with E-state index in [-0.39, 0.29) is 0 Å². The van der Waals surface area contributed by atoms with Crippen molar-refractivity contribution in [3.63, 3.8) is 0 Å². The SMILES string of the molecule is COc1ccc(Br)c(CC(CBr)c2ccccc2Br)c1. The standard InChI is InChI=1S/C16H15Br3O/c1-20-13-6-7-15(18)11(9-13)8-12(10-17)14-4-2-3-5-16(14)19/h2-7,9,12H,8,10H2,1H3. The maximum absolute atomic E-state index is 5.31. The highest BCUT2D eigenvalue weighted by Crippen LogP contribution is 2.32. The van der Waals surface area contributed by atoms with E-state index in [9.17, 15) is 0 Å². The Morgan fingerprint density at radius 2 is 1.80 bits per heavy atom. The first kappa shape index (κ1) is 16.1. The Bertz CT molecular complexity index is 584. The molecular weight excluding hydrogens is 448 g/mol. The zero-order chi connectivity index (χ0) is 14.5. The second-order valence-corrected chi connectivity index (χ2v) is 6.89. The Kier molecular flexibility index (Phi) is 6.12. The van der Waals surface area contributed by atoms with Crippen molar-refractivity contribution in [2.24, 2.45) is 0 Å². The van der Waals surface area contributed by atoms with Gasteiger partial charge in [-0.05, 0) is 47.7 Å². The van der Waals surface area contributed by atoms with Crippen LogP contribution in [0.2, 0.25) is 0 Å². The van der Waals surface area contributed by atoms with Crippen molar-refractivity contribution in [2.75, 3.05) is 12.4 Å². The summed E-state index contributed by atoms with van der Waals surface area (Å²) in [5.41, 5.74) is 2.57.